The number of aromatic nitrogens is 3. The molecule has 22 heavy (non-hydrogen) atoms. The first kappa shape index (κ1) is 14.3. The Morgan fingerprint density at radius 3 is 2.73 bits per heavy atom. The zero-order valence-corrected chi connectivity index (χ0v) is 12.2. The number of rotatable bonds is 5. The highest BCUT2D eigenvalue weighted by molar-refractivity contribution is 5.79. The Labute approximate surface area is 127 Å². The number of nitrogens with two attached hydrogens (primary N) is 2. The Bertz CT molecular complexity index is 821. The molecule has 0 amide bonds. The predicted molar refractivity (Wildman–Crippen MR) is 87.7 cm³/mol. The molecule has 3 rings (SSSR count). The molecule has 3 aromatic rings. The van der Waals surface area contributed by atoms with Crippen molar-refractivity contribution >= 4 is 17.0 Å². The summed E-state index contributed by atoms with van der Waals surface area (Å²) in [4.78, 5) is 21.8. The molecular formula is C16H19N5O. The number of hydrogen-bond acceptors (Lipinski definition) is 4. The Balaban J connectivity index is 1.99. The van der Waals surface area contributed by atoms with Gasteiger partial charge in [0, 0.05) is 6.20 Å². The van der Waals surface area contributed by atoms with Crippen LogP contribution >= 0.6 is 0 Å². The van der Waals surface area contributed by atoms with E-state index in [2.05, 4.69) is 27.1 Å². The van der Waals surface area contributed by atoms with Crippen molar-refractivity contribution < 1.29 is 0 Å². The van der Waals surface area contributed by atoms with Crippen molar-refractivity contribution in [1.82, 2.24) is 15.0 Å². The standard InChI is InChI=1S/C16H19N5O/c17-7-6-11(10-4-2-1-3-5-10)8-12-9-19-14-13(12)15(22)21-16(18)20-14/h1-5,9,11H,6-8,17H2,(H4,18,19,20,21,22). The van der Waals surface area contributed by atoms with Gasteiger partial charge in [-0.05, 0) is 36.4 Å². The average molecular weight is 297 g/mol. The number of nitrogen functional groups attached to an aromatic ring is 1. The summed E-state index contributed by atoms with van der Waals surface area (Å²) in [6.45, 7) is 0.601. The molecule has 2 aromatic heterocycles. The summed E-state index contributed by atoms with van der Waals surface area (Å²) in [6.07, 6.45) is 3.42. The van der Waals surface area contributed by atoms with Crippen molar-refractivity contribution in [2.75, 3.05) is 12.3 Å². The van der Waals surface area contributed by atoms with Crippen molar-refractivity contribution in [2.24, 2.45) is 5.73 Å². The fraction of sp³-hybridized carbons (Fsp3) is 0.250. The molecule has 0 radical (unpaired) electrons. The molecule has 6 heteroatoms. The Kier molecular flexibility index (Phi) is 3.93. The minimum Gasteiger partial charge on any atom is -0.369 e. The van der Waals surface area contributed by atoms with Gasteiger partial charge >= 0.3 is 0 Å². The lowest BCUT2D eigenvalue weighted by Crippen LogP contribution is -2.14. The van der Waals surface area contributed by atoms with Gasteiger partial charge in [-0.3, -0.25) is 9.78 Å². The SMILES string of the molecule is NCCC(Cc1c[nH]c2nc(N)[nH]c(=O)c12)c1ccccc1. The van der Waals surface area contributed by atoms with Crippen LogP contribution in [0.15, 0.2) is 41.3 Å². The third kappa shape index (κ3) is 2.73. The van der Waals surface area contributed by atoms with E-state index in [0.29, 0.717) is 17.6 Å². The highest BCUT2D eigenvalue weighted by Crippen LogP contribution is 2.26. The number of nitrogens with one attached hydrogen (secondary N) is 2. The summed E-state index contributed by atoms with van der Waals surface area (Å²) < 4.78 is 0. The van der Waals surface area contributed by atoms with Gasteiger partial charge in [0.1, 0.15) is 5.65 Å². The van der Waals surface area contributed by atoms with Crippen LogP contribution < -0.4 is 17.0 Å². The van der Waals surface area contributed by atoms with E-state index < -0.39 is 0 Å². The molecule has 0 saturated carbocycles. The molecule has 0 fully saturated rings. The van der Waals surface area contributed by atoms with Gasteiger partial charge in [0.15, 0.2) is 0 Å². The summed E-state index contributed by atoms with van der Waals surface area (Å²) in [5.74, 6) is 0.384. The van der Waals surface area contributed by atoms with Gasteiger partial charge in [0.05, 0.1) is 5.39 Å². The lowest BCUT2D eigenvalue weighted by molar-refractivity contribution is 0.632. The van der Waals surface area contributed by atoms with Gasteiger partial charge in [-0.15, -0.1) is 0 Å². The highest BCUT2D eigenvalue weighted by atomic mass is 16.1. The summed E-state index contributed by atoms with van der Waals surface area (Å²) in [5.41, 5.74) is 13.8. The minimum atomic E-state index is -0.210. The summed E-state index contributed by atoms with van der Waals surface area (Å²) in [6, 6.07) is 10.2. The maximum Gasteiger partial charge on any atom is 0.262 e. The first-order valence-corrected chi connectivity index (χ1v) is 7.30. The number of benzene rings is 1. The van der Waals surface area contributed by atoms with Gasteiger partial charge in [-0.25, -0.2) is 0 Å². The van der Waals surface area contributed by atoms with Gasteiger partial charge in [-0.1, -0.05) is 30.3 Å². The summed E-state index contributed by atoms with van der Waals surface area (Å²) >= 11 is 0. The second kappa shape index (κ2) is 6.03. The zero-order chi connectivity index (χ0) is 15.5. The monoisotopic (exact) mass is 297 g/mol. The number of anilines is 1. The maximum absolute atomic E-state index is 12.1. The highest BCUT2D eigenvalue weighted by Gasteiger charge is 2.16. The van der Waals surface area contributed by atoms with Crippen molar-refractivity contribution in [3.8, 4) is 0 Å². The molecule has 0 aliphatic heterocycles. The number of nitrogens with zero attached hydrogens (tertiary/aromatic N) is 1. The molecule has 0 bridgehead atoms. The van der Waals surface area contributed by atoms with E-state index in [1.807, 2.05) is 24.4 Å². The first-order chi connectivity index (χ1) is 10.7. The Morgan fingerprint density at radius 2 is 2.00 bits per heavy atom. The molecule has 0 aliphatic rings. The second-order valence-electron chi connectivity index (χ2n) is 5.38. The number of H-pyrrole nitrogens is 2. The molecular weight excluding hydrogens is 278 g/mol. The van der Waals surface area contributed by atoms with Crippen LogP contribution in [0.1, 0.15) is 23.5 Å². The summed E-state index contributed by atoms with van der Waals surface area (Å²) in [5, 5.41) is 0.576. The van der Waals surface area contributed by atoms with Gasteiger partial charge in [-0.2, -0.15) is 4.98 Å². The van der Waals surface area contributed by atoms with Crippen molar-refractivity contribution in [2.45, 2.75) is 18.8 Å². The average Bonchev–Trinajstić information content (AvgIpc) is 2.91. The van der Waals surface area contributed by atoms with Crippen LogP contribution in [0.4, 0.5) is 5.95 Å². The molecule has 1 unspecified atom stereocenters. The van der Waals surface area contributed by atoms with E-state index in [4.69, 9.17) is 11.5 Å². The molecule has 0 saturated heterocycles. The van der Waals surface area contributed by atoms with Crippen LogP contribution in [0.3, 0.4) is 0 Å². The molecule has 0 spiro atoms. The smallest absolute Gasteiger partial charge is 0.262 e. The fourth-order valence-electron chi connectivity index (χ4n) is 2.86. The Hall–Kier alpha value is -2.60. The van der Waals surface area contributed by atoms with E-state index in [1.165, 1.54) is 5.56 Å². The van der Waals surface area contributed by atoms with Crippen molar-refractivity contribution in [1.29, 1.82) is 0 Å². The lowest BCUT2D eigenvalue weighted by atomic mass is 9.89. The lowest BCUT2D eigenvalue weighted by Gasteiger charge is -2.16. The molecule has 2 heterocycles. The normalized spacial score (nSPS) is 12.6. The molecule has 6 nitrogen and oxygen atoms in total. The van der Waals surface area contributed by atoms with Gasteiger partial charge in [0.25, 0.3) is 5.56 Å². The van der Waals surface area contributed by atoms with E-state index in [1.54, 1.807) is 0 Å². The largest absolute Gasteiger partial charge is 0.369 e. The van der Waals surface area contributed by atoms with Gasteiger partial charge in [0.2, 0.25) is 5.95 Å². The van der Waals surface area contributed by atoms with E-state index in [-0.39, 0.29) is 17.4 Å². The number of hydrogen-bond donors (Lipinski definition) is 4. The van der Waals surface area contributed by atoms with E-state index in [9.17, 15) is 4.79 Å². The second-order valence-corrected chi connectivity index (χ2v) is 5.38. The van der Waals surface area contributed by atoms with Gasteiger partial charge < -0.3 is 16.5 Å². The molecule has 1 aromatic carbocycles. The Morgan fingerprint density at radius 1 is 1.23 bits per heavy atom. The van der Waals surface area contributed by atoms with E-state index >= 15 is 0 Å². The van der Waals surface area contributed by atoms with Crippen LogP contribution in [0, 0.1) is 0 Å². The zero-order valence-electron chi connectivity index (χ0n) is 12.2. The maximum atomic E-state index is 12.1. The third-order valence-electron chi connectivity index (χ3n) is 3.89. The topological polar surface area (TPSA) is 114 Å². The van der Waals surface area contributed by atoms with E-state index in [0.717, 1.165) is 18.4 Å². The van der Waals surface area contributed by atoms with Crippen LogP contribution in [-0.2, 0) is 6.42 Å². The third-order valence-corrected chi connectivity index (χ3v) is 3.89. The fourth-order valence-corrected chi connectivity index (χ4v) is 2.86. The van der Waals surface area contributed by atoms with Crippen LogP contribution in [0.5, 0.6) is 0 Å². The van der Waals surface area contributed by atoms with Crippen LogP contribution in [0.25, 0.3) is 11.0 Å². The van der Waals surface area contributed by atoms with Crippen LogP contribution in [0.2, 0.25) is 0 Å². The predicted octanol–water partition coefficient (Wildman–Crippen LogP) is 1.51. The molecule has 114 valence electrons. The number of fused-ring (bicyclic) bond motifs is 1. The number of aromatic amines is 2. The van der Waals surface area contributed by atoms with Crippen molar-refractivity contribution in [3.63, 3.8) is 0 Å². The molecule has 6 N–H and O–H groups in total. The minimum absolute atomic E-state index is 0.118. The first-order valence-electron chi connectivity index (χ1n) is 7.30. The van der Waals surface area contributed by atoms with Crippen molar-refractivity contribution in [3.05, 3.63) is 58.0 Å². The van der Waals surface area contributed by atoms with Crippen LogP contribution in [-0.4, -0.2) is 21.5 Å². The summed E-state index contributed by atoms with van der Waals surface area (Å²) in [7, 11) is 0. The quantitative estimate of drug-likeness (QED) is 0.571. The molecule has 1 atom stereocenters. The molecule has 0 aliphatic carbocycles.